The van der Waals surface area contributed by atoms with Crippen molar-refractivity contribution in [2.45, 2.75) is 403 Å². The van der Waals surface area contributed by atoms with Crippen LogP contribution in [0.1, 0.15) is 409 Å². The first-order valence-electron chi connectivity index (χ1n) is 57.4. The minimum absolute atomic E-state index is 0.234. The largest absolute Gasteiger partial charge is 0.396 e. The molecular formula is C120H246N6O11S. The fraction of sp³-hybridized carbons (Fsp3) is 0.950. The number of hydrogen-bond acceptors (Lipinski definition) is 15. The predicted molar refractivity (Wildman–Crippen MR) is 602 cm³/mol. The van der Waals surface area contributed by atoms with Gasteiger partial charge in [-0.05, 0) is 341 Å². The van der Waals surface area contributed by atoms with E-state index in [9.17, 15) is 13.2 Å². The van der Waals surface area contributed by atoms with Crippen LogP contribution in [0.3, 0.4) is 0 Å². The Balaban J connectivity index is -0.000000700. The van der Waals surface area contributed by atoms with Crippen LogP contribution >= 0.6 is 0 Å². The van der Waals surface area contributed by atoms with Crippen LogP contribution < -0.4 is 5.32 Å². The number of carbonyl (C=O) groups is 1. The van der Waals surface area contributed by atoms with Gasteiger partial charge in [0, 0.05) is 124 Å². The second kappa shape index (κ2) is 85.8. The van der Waals surface area contributed by atoms with Crippen LogP contribution in [0, 0.1) is 165 Å². The van der Waals surface area contributed by atoms with Crippen molar-refractivity contribution in [1.29, 1.82) is 0 Å². The minimum atomic E-state index is -2.65. The Morgan fingerprint density at radius 3 is 1.12 bits per heavy atom. The molecule has 4 N–H and O–H groups in total. The van der Waals surface area contributed by atoms with Crippen LogP contribution in [-0.2, 0) is 45.4 Å². The quantitative estimate of drug-likeness (QED) is 0.0639. The maximum absolute atomic E-state index is 11.0. The summed E-state index contributed by atoms with van der Waals surface area (Å²) in [5.74, 6) is 22.4. The SMILES string of the molecule is C/C=C/CCC(C)C.CC(=O)N1CCC(C(C)C)CC1.CC(C)C(C)CO.CC(C)C(C)c1ccn(C)n1.CC(C)C1(C)CCOC1.CC(C)C1CCOCC1.CC(C)C1CCS(=O)(=O)CC1.CC(C)C1COC1.CC(C)CC1CCCN(C)C1.CC(C)CCC1CCCN(C)C1.CC(C)CCC1CCCNC1.CC(C)[C@@H](C)CO.CC(C)[C@@H]1CCOC1.CC(C)[C@H](C)CO.CC(C)[C@H]1CCOC1. The van der Waals surface area contributed by atoms with E-state index in [2.05, 4.69) is 281 Å². The number of allylic oxidation sites excluding steroid dienone is 2. The molecule has 18 heteroatoms. The van der Waals surface area contributed by atoms with Crippen LogP contribution in [0.25, 0.3) is 0 Å². The van der Waals surface area contributed by atoms with Crippen molar-refractivity contribution in [2.24, 2.45) is 172 Å². The van der Waals surface area contributed by atoms with E-state index in [0.717, 1.165) is 199 Å². The van der Waals surface area contributed by atoms with E-state index in [4.69, 9.17) is 39.0 Å². The number of ether oxygens (including phenoxy) is 5. The Morgan fingerprint density at radius 2 is 0.848 bits per heavy atom. The number of carbonyl (C=O) groups excluding carboxylic acids is 1. The first-order valence-corrected chi connectivity index (χ1v) is 59.2. The van der Waals surface area contributed by atoms with Crippen LogP contribution in [0.5, 0.6) is 0 Å². The fourth-order valence-electron chi connectivity index (χ4n) is 17.0. The van der Waals surface area contributed by atoms with Gasteiger partial charge in [-0.1, -0.05) is 267 Å². The lowest BCUT2D eigenvalue weighted by Crippen LogP contribution is -2.38. The lowest BCUT2D eigenvalue weighted by atomic mass is 9.79. The number of nitrogens with zero attached hydrogens (tertiary/aromatic N) is 5. The number of aryl methyl sites for hydroxylation is 1. The third-order valence-electron chi connectivity index (χ3n) is 31.3. The molecule has 10 aliphatic heterocycles. The average molecular weight is 1980 g/mol. The molecule has 11 heterocycles. The minimum Gasteiger partial charge on any atom is -0.396 e. The van der Waals surface area contributed by atoms with Crippen molar-refractivity contribution in [3.8, 4) is 0 Å². The van der Waals surface area contributed by atoms with Gasteiger partial charge in [0.15, 0.2) is 0 Å². The summed E-state index contributed by atoms with van der Waals surface area (Å²) in [6.45, 7) is 102. The van der Waals surface area contributed by atoms with Gasteiger partial charge in [0.05, 0.1) is 37.0 Å². The maximum atomic E-state index is 11.0. The average Bonchev–Trinajstić information content (AvgIpc) is 1.76. The molecule has 10 aliphatic rings. The number of rotatable bonds is 26. The van der Waals surface area contributed by atoms with Gasteiger partial charge in [-0.2, -0.15) is 5.10 Å². The second-order valence-corrected chi connectivity index (χ2v) is 51.7. The highest BCUT2D eigenvalue weighted by molar-refractivity contribution is 7.91. The Bertz CT molecular complexity index is 2860. The normalized spacial score (nSPS) is 22.9. The summed E-state index contributed by atoms with van der Waals surface area (Å²) < 4.78 is 49.9. The fourth-order valence-corrected chi connectivity index (χ4v) is 18.5. The molecular weight excluding hydrogens is 1730 g/mol. The molecule has 0 aromatic carbocycles. The lowest BCUT2D eigenvalue weighted by Gasteiger charge is -2.33. The first kappa shape index (κ1) is 142. The highest BCUT2D eigenvalue weighted by atomic mass is 32.2. The van der Waals surface area contributed by atoms with Gasteiger partial charge in [-0.25, -0.2) is 8.42 Å². The van der Waals surface area contributed by atoms with Gasteiger partial charge in [-0.3, -0.25) is 9.48 Å². The van der Waals surface area contributed by atoms with Gasteiger partial charge in [0.2, 0.25) is 5.91 Å². The number of piperidine rings is 4. The van der Waals surface area contributed by atoms with E-state index in [1.807, 2.05) is 43.6 Å². The number of sulfone groups is 1. The molecule has 0 spiro atoms. The Morgan fingerprint density at radius 1 is 0.457 bits per heavy atom. The molecule has 1 amide bonds. The molecule has 0 radical (unpaired) electrons. The summed E-state index contributed by atoms with van der Waals surface area (Å²) in [6.07, 6.45) is 35.1. The molecule has 828 valence electrons. The topological polar surface area (TPSA) is 198 Å². The Labute approximate surface area is 862 Å². The van der Waals surface area contributed by atoms with E-state index in [-0.39, 0.29) is 5.91 Å². The predicted octanol–water partition coefficient (Wildman–Crippen LogP) is 28.7. The third kappa shape index (κ3) is 79.1. The number of nitrogens with one attached hydrogen (secondary N) is 1. The zero-order chi connectivity index (χ0) is 106. The molecule has 11 rings (SSSR count). The van der Waals surface area contributed by atoms with Crippen molar-refractivity contribution in [3.05, 3.63) is 30.1 Å². The van der Waals surface area contributed by atoms with Gasteiger partial charge < -0.3 is 59.0 Å². The molecule has 1 aromatic rings. The maximum Gasteiger partial charge on any atom is 0.219 e. The van der Waals surface area contributed by atoms with Crippen molar-refractivity contribution in [3.63, 3.8) is 0 Å². The van der Waals surface area contributed by atoms with Crippen molar-refractivity contribution in [2.75, 3.05) is 164 Å². The van der Waals surface area contributed by atoms with Crippen molar-refractivity contribution < 1.29 is 52.2 Å². The Kier molecular flexibility index (Phi) is 88.4. The van der Waals surface area contributed by atoms with Crippen LogP contribution in [0.15, 0.2) is 24.4 Å². The van der Waals surface area contributed by atoms with Crippen LogP contribution in [-0.4, -0.2) is 218 Å². The Hall–Kier alpha value is -2.07. The molecule has 10 fully saturated rings. The van der Waals surface area contributed by atoms with E-state index < -0.39 is 9.84 Å². The third-order valence-corrected chi connectivity index (χ3v) is 33.0. The second-order valence-electron chi connectivity index (χ2n) is 49.4. The number of aromatic nitrogens is 2. The number of amides is 1. The number of likely N-dealkylation sites (tertiary alicyclic amines) is 3. The number of aliphatic hydroxyl groups excluding tert-OH is 3. The zero-order valence-electron chi connectivity index (χ0n) is 99.5. The summed E-state index contributed by atoms with van der Waals surface area (Å²) in [6, 6.07) is 2.09. The molecule has 10 atom stereocenters. The highest BCUT2D eigenvalue weighted by Crippen LogP contribution is 2.36. The first-order chi connectivity index (χ1) is 64.6. The molecule has 0 aliphatic carbocycles. The molecule has 138 heavy (non-hydrogen) atoms. The molecule has 10 saturated heterocycles. The van der Waals surface area contributed by atoms with Crippen LogP contribution in [0.4, 0.5) is 0 Å². The zero-order valence-corrected chi connectivity index (χ0v) is 100. The van der Waals surface area contributed by atoms with Gasteiger partial charge in [0.25, 0.3) is 0 Å². The van der Waals surface area contributed by atoms with Gasteiger partial charge in [0.1, 0.15) is 9.84 Å². The van der Waals surface area contributed by atoms with Gasteiger partial charge >= 0.3 is 0 Å². The molecule has 0 saturated carbocycles. The molecule has 17 nitrogen and oxygen atoms in total. The molecule has 0 bridgehead atoms. The summed E-state index contributed by atoms with van der Waals surface area (Å²) in [5, 5.41) is 33.3. The number of aliphatic hydroxyl groups is 3. The summed E-state index contributed by atoms with van der Waals surface area (Å²) in [7, 11) is 3.80. The van der Waals surface area contributed by atoms with E-state index in [0.29, 0.717) is 95.9 Å². The summed E-state index contributed by atoms with van der Waals surface area (Å²) >= 11 is 0. The smallest absolute Gasteiger partial charge is 0.219 e. The standard InChI is InChI=1S/C11H23N.C10H19NO.2C10H21N.C9H16N2.C8H16O2S.2C8H16O.C8H16.2C7H14O.C6H12O.3C6H14O/c1-10(2)6-7-11-5-4-8-12(3)9-11;1-8(2)10-4-6-11(7-5-10)9(3)12;1-9(2)7-10-5-4-6-11(3)8-10;1-9(2)5-6-10-4-3-7-11-8-10;1-7(2)8(3)9-5-6-11(4)10-9;1-7(2)8-3-5-11(9,10)6-4-8;1-7(2)8(3)4-5-9-6-8;1-7(2)8-3-5-9-6-4-8;1-4-5-6-7-8(2)3;2*1-6(2)7-3-4-8-5-7;1-5(2)6-3-7-4-6;3*1-5(2)6(3)4-7/h10-11H,4-9H2,1-3H3;8,10H,4-7H2,1-3H3;9-10H,4-8H2,1-3H3;9-11H,3-8H2,1-2H3;5-8H,1-4H3;7-8H,3-6H2,1-2H3;7H,4-6H2,1-3H3;7-8H,3-6H2,1-2H3;4-5,8H,6-7H2,1-3H3;2*6-7H,3-5H2,1-2H3;5-6H,3-4H2,1-2H3;3*5-7H,4H2,1-3H3/b;;;;;;;;5-4+;;;;;;/t;;;;;;;;;2*7-;;2*6-;/m.........10.10./s1. The van der Waals surface area contributed by atoms with Crippen molar-refractivity contribution in [1.82, 2.24) is 29.8 Å². The van der Waals surface area contributed by atoms with Gasteiger partial charge in [-0.15, -0.1) is 0 Å². The van der Waals surface area contributed by atoms with E-state index >= 15 is 0 Å². The summed E-state index contributed by atoms with van der Waals surface area (Å²) in [5.41, 5.74) is 1.67. The van der Waals surface area contributed by atoms with Crippen LogP contribution in [0.2, 0.25) is 0 Å². The number of hydrogen-bond donors (Lipinski definition) is 4. The monoisotopic (exact) mass is 1980 g/mol. The molecule has 6 unspecified atom stereocenters. The van der Waals surface area contributed by atoms with E-state index in [1.54, 1.807) is 6.92 Å². The lowest BCUT2D eigenvalue weighted by molar-refractivity contribution is -0.130. The highest BCUT2D eigenvalue weighted by Gasteiger charge is 2.33. The molecule has 1 aromatic heterocycles. The van der Waals surface area contributed by atoms with Crippen molar-refractivity contribution >= 4 is 15.7 Å². The summed E-state index contributed by atoms with van der Waals surface area (Å²) in [4.78, 5) is 17.9. The van der Waals surface area contributed by atoms with E-state index in [1.165, 1.54) is 173 Å².